The molecule has 1 aromatic heterocycles. The highest BCUT2D eigenvalue weighted by molar-refractivity contribution is 6.12. The lowest BCUT2D eigenvalue weighted by Crippen LogP contribution is -2.03. The second-order valence-electron chi connectivity index (χ2n) is 3.86. The fourth-order valence-corrected chi connectivity index (χ4v) is 1.51. The number of hydrogen-bond acceptors (Lipinski definition) is 3. The van der Waals surface area contributed by atoms with E-state index < -0.39 is 11.7 Å². The summed E-state index contributed by atoms with van der Waals surface area (Å²) in [4.78, 5) is 7.88. The molecule has 6 heteroatoms. The second kappa shape index (κ2) is 5.53. The number of pyridine rings is 1. The van der Waals surface area contributed by atoms with Gasteiger partial charge in [-0.3, -0.25) is 4.98 Å². The predicted octanol–water partition coefficient (Wildman–Crippen LogP) is 3.74. The number of benzene rings is 1. The van der Waals surface area contributed by atoms with E-state index >= 15 is 0 Å². The Morgan fingerprint density at radius 2 is 1.85 bits per heavy atom. The molecule has 0 aliphatic carbocycles. The Balaban J connectivity index is 2.33. The Bertz CT molecular complexity index is 653. The molecule has 0 spiro atoms. The monoisotopic (exact) mass is 275 g/mol. The Kier molecular flexibility index (Phi) is 3.80. The van der Waals surface area contributed by atoms with Crippen LogP contribution < -0.4 is 0 Å². The molecule has 0 saturated heterocycles. The zero-order chi connectivity index (χ0) is 14.6. The van der Waals surface area contributed by atoms with Crippen LogP contribution in [0.3, 0.4) is 0 Å². The van der Waals surface area contributed by atoms with E-state index in [9.17, 15) is 13.2 Å². The van der Waals surface area contributed by atoms with Gasteiger partial charge >= 0.3 is 6.18 Å². The molecular weight excluding hydrogens is 267 g/mol. The molecular formula is C14H8F3N3. The maximum atomic E-state index is 12.4. The highest BCUT2D eigenvalue weighted by Crippen LogP contribution is 2.30. The van der Waals surface area contributed by atoms with Crippen LogP contribution in [0.2, 0.25) is 0 Å². The molecule has 0 bridgehead atoms. The molecule has 1 heterocycles. The molecule has 2 aromatic rings. The largest absolute Gasteiger partial charge is 0.416 e. The van der Waals surface area contributed by atoms with E-state index in [0.717, 1.165) is 12.1 Å². The van der Waals surface area contributed by atoms with Gasteiger partial charge in [-0.05, 0) is 36.4 Å². The van der Waals surface area contributed by atoms with Gasteiger partial charge in [-0.25, -0.2) is 4.99 Å². The summed E-state index contributed by atoms with van der Waals surface area (Å²) in [6.45, 7) is 0. The van der Waals surface area contributed by atoms with Gasteiger partial charge in [0, 0.05) is 18.0 Å². The van der Waals surface area contributed by atoms with E-state index in [-0.39, 0.29) is 11.4 Å². The van der Waals surface area contributed by atoms with Gasteiger partial charge in [0.2, 0.25) is 0 Å². The minimum absolute atomic E-state index is 0.0952. The Labute approximate surface area is 113 Å². The molecule has 0 unspecified atom stereocenters. The molecule has 0 aliphatic rings. The summed E-state index contributed by atoms with van der Waals surface area (Å²) in [5.41, 5.74) is 0.127. The molecule has 1 aromatic carbocycles. The van der Waals surface area contributed by atoms with Gasteiger partial charge < -0.3 is 0 Å². The lowest BCUT2D eigenvalue weighted by atomic mass is 10.1. The summed E-state index contributed by atoms with van der Waals surface area (Å²) < 4.78 is 37.3. The van der Waals surface area contributed by atoms with Crippen molar-refractivity contribution in [2.24, 2.45) is 4.99 Å². The number of rotatable bonds is 2. The maximum absolute atomic E-state index is 12.4. The van der Waals surface area contributed by atoms with E-state index in [2.05, 4.69) is 9.98 Å². The number of nitrogens with zero attached hydrogens (tertiary/aromatic N) is 3. The summed E-state index contributed by atoms with van der Waals surface area (Å²) in [6, 6.07) is 9.49. The van der Waals surface area contributed by atoms with Crippen LogP contribution in [0, 0.1) is 11.3 Å². The summed E-state index contributed by atoms with van der Waals surface area (Å²) in [5.74, 6) is 0. The van der Waals surface area contributed by atoms with Gasteiger partial charge in [0.1, 0.15) is 11.8 Å². The van der Waals surface area contributed by atoms with Gasteiger partial charge in [0.25, 0.3) is 0 Å². The topological polar surface area (TPSA) is 49.0 Å². The van der Waals surface area contributed by atoms with E-state index in [1.165, 1.54) is 18.3 Å². The third kappa shape index (κ3) is 3.20. The quantitative estimate of drug-likeness (QED) is 0.784. The van der Waals surface area contributed by atoms with Crippen molar-refractivity contribution in [3.63, 3.8) is 0 Å². The molecule has 0 N–H and O–H groups in total. The summed E-state index contributed by atoms with van der Waals surface area (Å²) in [5, 5.41) is 9.04. The van der Waals surface area contributed by atoms with Crippen molar-refractivity contribution in [1.82, 2.24) is 4.98 Å². The average Bonchev–Trinajstić information content (AvgIpc) is 2.45. The minimum Gasteiger partial charge on any atom is -0.264 e. The third-order valence-electron chi connectivity index (χ3n) is 2.48. The summed E-state index contributed by atoms with van der Waals surface area (Å²) in [6.07, 6.45) is -1.37. The number of halogens is 3. The van der Waals surface area contributed by atoms with Crippen molar-refractivity contribution in [2.75, 3.05) is 0 Å². The number of nitriles is 1. The van der Waals surface area contributed by atoms with E-state index in [4.69, 9.17) is 5.26 Å². The Morgan fingerprint density at radius 1 is 1.15 bits per heavy atom. The third-order valence-corrected chi connectivity index (χ3v) is 2.48. The standard InChI is InChI=1S/C14H8F3N3/c15-14(16,17)11-3-5-12(6-4-11)20-13(8-18)10-2-1-7-19-9-10/h1-7,9H. The first kappa shape index (κ1) is 13.7. The molecule has 20 heavy (non-hydrogen) atoms. The van der Waals surface area contributed by atoms with Crippen LogP contribution >= 0.6 is 0 Å². The van der Waals surface area contributed by atoms with Crippen LogP contribution in [0.15, 0.2) is 53.8 Å². The molecule has 0 saturated carbocycles. The average molecular weight is 275 g/mol. The Hall–Kier alpha value is -2.68. The van der Waals surface area contributed by atoms with E-state index in [0.29, 0.717) is 5.56 Å². The van der Waals surface area contributed by atoms with Crippen LogP contribution in [0.5, 0.6) is 0 Å². The number of aliphatic imine (C=N–C) groups is 1. The first-order valence-electron chi connectivity index (χ1n) is 5.57. The van der Waals surface area contributed by atoms with Crippen LogP contribution in [0.1, 0.15) is 11.1 Å². The van der Waals surface area contributed by atoms with Crippen molar-refractivity contribution in [3.05, 3.63) is 59.9 Å². The number of alkyl halides is 3. The molecule has 3 nitrogen and oxygen atoms in total. The van der Waals surface area contributed by atoms with Gasteiger partial charge in [-0.15, -0.1) is 0 Å². The molecule has 0 aliphatic heterocycles. The lowest BCUT2D eigenvalue weighted by Gasteiger charge is -2.06. The van der Waals surface area contributed by atoms with Crippen molar-refractivity contribution < 1.29 is 13.2 Å². The molecule has 100 valence electrons. The maximum Gasteiger partial charge on any atom is 0.416 e. The highest BCUT2D eigenvalue weighted by atomic mass is 19.4. The zero-order valence-corrected chi connectivity index (χ0v) is 10.1. The van der Waals surface area contributed by atoms with Gasteiger partial charge in [0.05, 0.1) is 11.3 Å². The van der Waals surface area contributed by atoms with Crippen LogP contribution in [0.25, 0.3) is 0 Å². The van der Waals surface area contributed by atoms with Gasteiger partial charge in [-0.2, -0.15) is 18.4 Å². The second-order valence-corrected chi connectivity index (χ2v) is 3.86. The van der Waals surface area contributed by atoms with Crippen molar-refractivity contribution in [2.45, 2.75) is 6.18 Å². The Morgan fingerprint density at radius 3 is 2.35 bits per heavy atom. The van der Waals surface area contributed by atoms with Crippen LogP contribution in [-0.4, -0.2) is 10.7 Å². The lowest BCUT2D eigenvalue weighted by molar-refractivity contribution is -0.137. The van der Waals surface area contributed by atoms with Gasteiger partial charge in [0.15, 0.2) is 0 Å². The van der Waals surface area contributed by atoms with Gasteiger partial charge in [-0.1, -0.05) is 0 Å². The van der Waals surface area contributed by atoms with Crippen molar-refractivity contribution in [3.8, 4) is 6.07 Å². The SMILES string of the molecule is N#CC(=Nc1ccc(C(F)(F)F)cc1)c1cccnc1. The summed E-state index contributed by atoms with van der Waals surface area (Å²) in [7, 11) is 0. The number of hydrogen-bond donors (Lipinski definition) is 0. The minimum atomic E-state index is -4.39. The smallest absolute Gasteiger partial charge is 0.264 e. The zero-order valence-electron chi connectivity index (χ0n) is 10.1. The molecule has 0 fully saturated rings. The highest BCUT2D eigenvalue weighted by Gasteiger charge is 2.29. The fourth-order valence-electron chi connectivity index (χ4n) is 1.51. The molecule has 2 rings (SSSR count). The normalized spacial score (nSPS) is 12.0. The van der Waals surface area contributed by atoms with E-state index in [1.54, 1.807) is 18.3 Å². The first-order chi connectivity index (χ1) is 9.50. The summed E-state index contributed by atoms with van der Waals surface area (Å²) >= 11 is 0. The number of aromatic nitrogens is 1. The van der Waals surface area contributed by atoms with Crippen LogP contribution in [0.4, 0.5) is 18.9 Å². The van der Waals surface area contributed by atoms with Crippen molar-refractivity contribution in [1.29, 1.82) is 5.26 Å². The molecule has 0 atom stereocenters. The molecule has 0 radical (unpaired) electrons. The van der Waals surface area contributed by atoms with Crippen LogP contribution in [-0.2, 0) is 6.18 Å². The first-order valence-corrected chi connectivity index (χ1v) is 5.57. The fraction of sp³-hybridized carbons (Fsp3) is 0.0714. The molecule has 0 amide bonds. The predicted molar refractivity (Wildman–Crippen MR) is 67.5 cm³/mol. The van der Waals surface area contributed by atoms with Crippen molar-refractivity contribution >= 4 is 11.4 Å². The van der Waals surface area contributed by atoms with E-state index in [1.807, 2.05) is 6.07 Å².